The highest BCUT2D eigenvalue weighted by Gasteiger charge is 2.18. The van der Waals surface area contributed by atoms with Gasteiger partial charge in [0.1, 0.15) is 5.76 Å². The van der Waals surface area contributed by atoms with Crippen molar-refractivity contribution in [3.05, 3.63) is 17.0 Å². The number of hydrogen-bond donors (Lipinski definition) is 3. The van der Waals surface area contributed by atoms with Gasteiger partial charge in [-0.2, -0.15) is 0 Å². The summed E-state index contributed by atoms with van der Waals surface area (Å²) in [6, 6.07) is -0.496. The Morgan fingerprint density at radius 1 is 1.35 bits per heavy atom. The molecular weight excluding hydrogens is 258 g/mol. The standard InChI is InChI=1S/C14H25N3O3/c1-8(2)6-12(18)7-15-14(19)16-9(3)13-10(4)17-20-11(13)5/h8-9,12,18H,6-7H2,1-5H3,(H2,15,16,19). The van der Waals surface area contributed by atoms with Crippen molar-refractivity contribution < 1.29 is 14.4 Å². The van der Waals surface area contributed by atoms with Crippen LogP contribution in [0, 0.1) is 19.8 Å². The van der Waals surface area contributed by atoms with Crippen LogP contribution in [0.2, 0.25) is 0 Å². The average Bonchev–Trinajstić information content (AvgIpc) is 2.65. The van der Waals surface area contributed by atoms with Gasteiger partial charge in [-0.1, -0.05) is 19.0 Å². The molecule has 1 heterocycles. The molecule has 2 amide bonds. The van der Waals surface area contributed by atoms with Crippen LogP contribution in [0.1, 0.15) is 50.3 Å². The van der Waals surface area contributed by atoms with Crippen LogP contribution in [0.4, 0.5) is 4.79 Å². The molecule has 0 aliphatic heterocycles. The predicted octanol–water partition coefficient (Wildman–Crippen LogP) is 2.06. The van der Waals surface area contributed by atoms with Crippen molar-refractivity contribution in [1.82, 2.24) is 15.8 Å². The van der Waals surface area contributed by atoms with E-state index in [1.807, 2.05) is 34.6 Å². The maximum Gasteiger partial charge on any atom is 0.315 e. The second-order valence-electron chi connectivity index (χ2n) is 5.60. The van der Waals surface area contributed by atoms with Crippen molar-refractivity contribution >= 4 is 6.03 Å². The van der Waals surface area contributed by atoms with Crippen LogP contribution in [0.3, 0.4) is 0 Å². The minimum absolute atomic E-state index is 0.191. The van der Waals surface area contributed by atoms with Crippen LogP contribution >= 0.6 is 0 Å². The SMILES string of the molecule is Cc1noc(C)c1C(C)NC(=O)NCC(O)CC(C)C. The largest absolute Gasteiger partial charge is 0.391 e. The minimum atomic E-state index is -0.518. The second-order valence-corrected chi connectivity index (χ2v) is 5.60. The summed E-state index contributed by atoms with van der Waals surface area (Å²) in [6.07, 6.45) is 0.148. The molecule has 114 valence electrons. The van der Waals surface area contributed by atoms with E-state index in [0.29, 0.717) is 18.1 Å². The summed E-state index contributed by atoms with van der Waals surface area (Å²) >= 11 is 0. The van der Waals surface area contributed by atoms with Gasteiger partial charge >= 0.3 is 6.03 Å². The van der Waals surface area contributed by atoms with Crippen LogP contribution in [0.15, 0.2) is 4.52 Å². The highest BCUT2D eigenvalue weighted by Crippen LogP contribution is 2.20. The van der Waals surface area contributed by atoms with Gasteiger partial charge in [0, 0.05) is 12.1 Å². The van der Waals surface area contributed by atoms with Crippen LogP contribution in [-0.2, 0) is 0 Å². The van der Waals surface area contributed by atoms with Gasteiger partial charge in [-0.05, 0) is 33.1 Å². The summed E-state index contributed by atoms with van der Waals surface area (Å²) in [5.41, 5.74) is 1.66. The van der Waals surface area contributed by atoms with Crippen LogP contribution in [-0.4, -0.2) is 28.9 Å². The summed E-state index contributed by atoms with van der Waals surface area (Å²) in [4.78, 5) is 11.8. The smallest absolute Gasteiger partial charge is 0.315 e. The van der Waals surface area contributed by atoms with Crippen molar-refractivity contribution in [3.63, 3.8) is 0 Å². The minimum Gasteiger partial charge on any atom is -0.391 e. The van der Waals surface area contributed by atoms with Gasteiger partial charge < -0.3 is 20.3 Å². The summed E-state index contributed by atoms with van der Waals surface area (Å²) in [5, 5.41) is 19.1. The number of aliphatic hydroxyl groups excluding tert-OH is 1. The molecule has 0 aromatic carbocycles. The molecule has 0 fully saturated rings. The maximum absolute atomic E-state index is 11.8. The lowest BCUT2D eigenvalue weighted by atomic mass is 10.1. The molecule has 1 aromatic rings. The van der Waals surface area contributed by atoms with E-state index in [0.717, 1.165) is 11.3 Å². The quantitative estimate of drug-likeness (QED) is 0.745. The third-order valence-electron chi connectivity index (χ3n) is 3.11. The number of nitrogens with zero attached hydrogens (tertiary/aromatic N) is 1. The number of carbonyl (C=O) groups is 1. The molecule has 0 aliphatic carbocycles. The fourth-order valence-electron chi connectivity index (χ4n) is 2.27. The first kappa shape index (κ1) is 16.5. The zero-order chi connectivity index (χ0) is 15.3. The lowest BCUT2D eigenvalue weighted by Gasteiger charge is -2.17. The van der Waals surface area contributed by atoms with Crippen LogP contribution in [0.5, 0.6) is 0 Å². The van der Waals surface area contributed by atoms with Crippen LogP contribution < -0.4 is 10.6 Å². The Morgan fingerprint density at radius 2 is 2.00 bits per heavy atom. The van der Waals surface area contributed by atoms with Gasteiger partial charge in [0.25, 0.3) is 0 Å². The zero-order valence-electron chi connectivity index (χ0n) is 12.9. The Labute approximate surface area is 119 Å². The molecule has 6 nitrogen and oxygen atoms in total. The molecule has 3 N–H and O–H groups in total. The Balaban J connectivity index is 2.43. The van der Waals surface area contributed by atoms with Gasteiger partial charge in [-0.15, -0.1) is 0 Å². The summed E-state index contributed by atoms with van der Waals surface area (Å²) < 4.78 is 5.08. The second kappa shape index (κ2) is 7.28. The number of amides is 2. The molecule has 0 radical (unpaired) electrons. The first-order chi connectivity index (χ1) is 9.31. The van der Waals surface area contributed by atoms with Crippen molar-refractivity contribution in [3.8, 4) is 0 Å². The topological polar surface area (TPSA) is 87.4 Å². The molecule has 1 aromatic heterocycles. The van der Waals surface area contributed by atoms with E-state index in [1.54, 1.807) is 0 Å². The predicted molar refractivity (Wildman–Crippen MR) is 76.4 cm³/mol. The molecule has 0 spiro atoms. The van der Waals surface area contributed by atoms with E-state index < -0.39 is 6.10 Å². The molecule has 20 heavy (non-hydrogen) atoms. The van der Waals surface area contributed by atoms with E-state index >= 15 is 0 Å². The lowest BCUT2D eigenvalue weighted by Crippen LogP contribution is -2.41. The van der Waals surface area contributed by atoms with E-state index in [-0.39, 0.29) is 18.6 Å². The number of nitrogens with one attached hydrogen (secondary N) is 2. The van der Waals surface area contributed by atoms with E-state index in [2.05, 4.69) is 15.8 Å². The molecule has 0 aliphatic rings. The number of aromatic nitrogens is 1. The van der Waals surface area contributed by atoms with Gasteiger partial charge in [0.05, 0.1) is 17.8 Å². The maximum atomic E-state index is 11.8. The van der Waals surface area contributed by atoms with Gasteiger partial charge in [-0.3, -0.25) is 0 Å². The van der Waals surface area contributed by atoms with E-state index in [1.165, 1.54) is 0 Å². The normalized spacial score (nSPS) is 14.2. The van der Waals surface area contributed by atoms with Gasteiger partial charge in [0.2, 0.25) is 0 Å². The number of carbonyl (C=O) groups excluding carboxylic acids is 1. The third-order valence-corrected chi connectivity index (χ3v) is 3.11. The number of aliphatic hydroxyl groups is 1. The fourth-order valence-corrected chi connectivity index (χ4v) is 2.27. The summed E-state index contributed by atoms with van der Waals surface area (Å²) in [5.74, 6) is 1.10. The number of hydrogen-bond acceptors (Lipinski definition) is 4. The van der Waals surface area contributed by atoms with Crippen molar-refractivity contribution in [2.45, 2.75) is 53.2 Å². The van der Waals surface area contributed by atoms with Crippen molar-refractivity contribution in [2.24, 2.45) is 5.92 Å². The molecule has 0 saturated carbocycles. The van der Waals surface area contributed by atoms with Gasteiger partial charge in [0.15, 0.2) is 0 Å². The van der Waals surface area contributed by atoms with Crippen molar-refractivity contribution in [1.29, 1.82) is 0 Å². The third kappa shape index (κ3) is 4.85. The van der Waals surface area contributed by atoms with E-state index in [4.69, 9.17) is 4.52 Å². The van der Waals surface area contributed by atoms with Crippen molar-refractivity contribution in [2.75, 3.05) is 6.54 Å². The summed E-state index contributed by atoms with van der Waals surface area (Å²) in [7, 11) is 0. The molecule has 0 bridgehead atoms. The molecule has 2 unspecified atom stereocenters. The number of aryl methyl sites for hydroxylation is 2. The fraction of sp³-hybridized carbons (Fsp3) is 0.714. The molecule has 2 atom stereocenters. The first-order valence-electron chi connectivity index (χ1n) is 6.96. The monoisotopic (exact) mass is 283 g/mol. The average molecular weight is 283 g/mol. The number of rotatable bonds is 6. The highest BCUT2D eigenvalue weighted by atomic mass is 16.5. The number of urea groups is 1. The Kier molecular flexibility index (Phi) is 6.01. The highest BCUT2D eigenvalue weighted by molar-refractivity contribution is 5.74. The van der Waals surface area contributed by atoms with Crippen LogP contribution in [0.25, 0.3) is 0 Å². The van der Waals surface area contributed by atoms with E-state index in [9.17, 15) is 9.90 Å². The first-order valence-corrected chi connectivity index (χ1v) is 6.96. The Hall–Kier alpha value is -1.56. The molecular formula is C14H25N3O3. The molecule has 1 rings (SSSR count). The van der Waals surface area contributed by atoms with Gasteiger partial charge in [-0.25, -0.2) is 4.79 Å². The zero-order valence-corrected chi connectivity index (χ0v) is 12.9. The molecule has 0 saturated heterocycles. The molecule has 6 heteroatoms. The Bertz CT molecular complexity index is 423. The summed E-state index contributed by atoms with van der Waals surface area (Å²) in [6.45, 7) is 9.84. The Morgan fingerprint density at radius 3 is 2.50 bits per heavy atom. The lowest BCUT2D eigenvalue weighted by molar-refractivity contribution is 0.146.